The molecule has 3 amide bonds. The standard InChI is InChI=1S/C16H17F2N3O3/c17-13-2-1-11(7-14(13)18)15(23)21-8-12(9-21)16(24)20-5-3-19(10-22)4-6-20/h1-2,7,10,12H,3-6,8-9H2. The fourth-order valence-electron chi connectivity index (χ4n) is 2.92. The molecule has 1 aromatic carbocycles. The molecule has 8 heteroatoms. The summed E-state index contributed by atoms with van der Waals surface area (Å²) < 4.78 is 26.1. The lowest BCUT2D eigenvalue weighted by molar-refractivity contribution is -0.142. The molecule has 2 heterocycles. The van der Waals surface area contributed by atoms with Crippen LogP contribution in [0.5, 0.6) is 0 Å². The van der Waals surface area contributed by atoms with E-state index >= 15 is 0 Å². The largest absolute Gasteiger partial charge is 0.342 e. The highest BCUT2D eigenvalue weighted by molar-refractivity contribution is 5.96. The van der Waals surface area contributed by atoms with E-state index in [0.29, 0.717) is 26.2 Å². The third-order valence-corrected chi connectivity index (χ3v) is 4.46. The van der Waals surface area contributed by atoms with Crippen LogP contribution in [0.2, 0.25) is 0 Å². The number of amides is 3. The second-order valence-electron chi connectivity index (χ2n) is 6.00. The van der Waals surface area contributed by atoms with Crippen LogP contribution in [0.1, 0.15) is 10.4 Å². The molecule has 0 unspecified atom stereocenters. The number of hydrogen-bond donors (Lipinski definition) is 0. The minimum atomic E-state index is -1.07. The van der Waals surface area contributed by atoms with E-state index in [9.17, 15) is 23.2 Å². The normalized spacial score (nSPS) is 18.3. The van der Waals surface area contributed by atoms with Crippen LogP contribution in [0, 0.1) is 17.6 Å². The molecule has 0 bridgehead atoms. The Hall–Kier alpha value is -2.51. The topological polar surface area (TPSA) is 60.9 Å². The second-order valence-corrected chi connectivity index (χ2v) is 6.00. The van der Waals surface area contributed by atoms with E-state index in [1.165, 1.54) is 11.0 Å². The van der Waals surface area contributed by atoms with Gasteiger partial charge in [0.2, 0.25) is 12.3 Å². The number of likely N-dealkylation sites (tertiary alicyclic amines) is 1. The Morgan fingerprint density at radius 3 is 2.25 bits per heavy atom. The number of carbonyl (C=O) groups is 3. The summed E-state index contributed by atoms with van der Waals surface area (Å²) in [6.45, 7) is 2.55. The van der Waals surface area contributed by atoms with Crippen molar-refractivity contribution in [3.8, 4) is 0 Å². The number of rotatable bonds is 3. The first-order valence-corrected chi connectivity index (χ1v) is 7.72. The molecule has 0 atom stereocenters. The van der Waals surface area contributed by atoms with Gasteiger partial charge in [0.05, 0.1) is 5.92 Å². The second kappa shape index (κ2) is 6.54. The van der Waals surface area contributed by atoms with Crippen molar-refractivity contribution < 1.29 is 23.2 Å². The van der Waals surface area contributed by atoms with Gasteiger partial charge < -0.3 is 14.7 Å². The first-order chi connectivity index (χ1) is 11.5. The van der Waals surface area contributed by atoms with Crippen LogP contribution in [0.25, 0.3) is 0 Å². The zero-order valence-corrected chi connectivity index (χ0v) is 13.0. The van der Waals surface area contributed by atoms with Gasteiger partial charge in [0.15, 0.2) is 11.6 Å². The summed E-state index contributed by atoms with van der Waals surface area (Å²) in [6.07, 6.45) is 0.771. The average Bonchev–Trinajstić information content (AvgIpc) is 2.55. The first-order valence-electron chi connectivity index (χ1n) is 7.72. The predicted molar refractivity (Wildman–Crippen MR) is 80.0 cm³/mol. The zero-order chi connectivity index (χ0) is 17.3. The van der Waals surface area contributed by atoms with Gasteiger partial charge in [0.1, 0.15) is 0 Å². The number of nitrogens with zero attached hydrogens (tertiary/aromatic N) is 3. The fraction of sp³-hybridized carbons (Fsp3) is 0.438. The Kier molecular flexibility index (Phi) is 4.46. The van der Waals surface area contributed by atoms with E-state index in [1.54, 1.807) is 9.80 Å². The fourth-order valence-corrected chi connectivity index (χ4v) is 2.92. The maximum atomic E-state index is 13.2. The molecule has 2 aliphatic rings. The minimum Gasteiger partial charge on any atom is -0.342 e. The van der Waals surface area contributed by atoms with E-state index in [0.717, 1.165) is 18.5 Å². The van der Waals surface area contributed by atoms with Crippen molar-refractivity contribution in [2.24, 2.45) is 5.92 Å². The molecule has 2 aliphatic heterocycles. The van der Waals surface area contributed by atoms with Crippen LogP contribution in [0.15, 0.2) is 18.2 Å². The summed E-state index contributed by atoms with van der Waals surface area (Å²) in [7, 11) is 0. The van der Waals surface area contributed by atoms with Gasteiger partial charge in [-0.2, -0.15) is 0 Å². The lowest BCUT2D eigenvalue weighted by atomic mass is 9.96. The molecule has 128 valence electrons. The van der Waals surface area contributed by atoms with E-state index in [-0.39, 0.29) is 30.5 Å². The first kappa shape index (κ1) is 16.4. The summed E-state index contributed by atoms with van der Waals surface area (Å²) >= 11 is 0. The highest BCUT2D eigenvalue weighted by atomic mass is 19.2. The maximum absolute atomic E-state index is 13.2. The SMILES string of the molecule is O=CN1CCN(C(=O)C2CN(C(=O)c3ccc(F)c(F)c3)C2)CC1. The Morgan fingerprint density at radius 2 is 1.67 bits per heavy atom. The summed E-state index contributed by atoms with van der Waals surface area (Å²) in [6, 6.07) is 3.01. The van der Waals surface area contributed by atoms with Crippen molar-refractivity contribution >= 4 is 18.2 Å². The zero-order valence-electron chi connectivity index (χ0n) is 13.0. The van der Waals surface area contributed by atoms with Crippen LogP contribution in [0.3, 0.4) is 0 Å². The van der Waals surface area contributed by atoms with Gasteiger partial charge in [-0.15, -0.1) is 0 Å². The van der Waals surface area contributed by atoms with E-state index in [2.05, 4.69) is 0 Å². The lowest BCUT2D eigenvalue weighted by Crippen LogP contribution is -2.59. The maximum Gasteiger partial charge on any atom is 0.254 e. The van der Waals surface area contributed by atoms with Gasteiger partial charge in [-0.3, -0.25) is 14.4 Å². The molecule has 24 heavy (non-hydrogen) atoms. The Morgan fingerprint density at radius 1 is 1.00 bits per heavy atom. The molecule has 2 fully saturated rings. The third kappa shape index (κ3) is 3.08. The summed E-state index contributed by atoms with van der Waals surface area (Å²) in [5, 5.41) is 0. The molecule has 2 saturated heterocycles. The van der Waals surface area contributed by atoms with Crippen LogP contribution in [-0.2, 0) is 9.59 Å². The molecule has 6 nitrogen and oxygen atoms in total. The Labute approximate surface area is 137 Å². The number of benzene rings is 1. The minimum absolute atomic E-state index is 0.0325. The summed E-state index contributed by atoms with van der Waals surface area (Å²) in [5.41, 5.74) is 0.0689. The molecule has 0 radical (unpaired) electrons. The lowest BCUT2D eigenvalue weighted by Gasteiger charge is -2.42. The van der Waals surface area contributed by atoms with Crippen LogP contribution >= 0.6 is 0 Å². The van der Waals surface area contributed by atoms with Gasteiger partial charge in [0.25, 0.3) is 5.91 Å². The number of hydrogen-bond acceptors (Lipinski definition) is 3. The molecule has 0 N–H and O–H groups in total. The quantitative estimate of drug-likeness (QED) is 0.747. The van der Waals surface area contributed by atoms with E-state index in [1.807, 2.05) is 0 Å². The van der Waals surface area contributed by atoms with Crippen molar-refractivity contribution in [3.63, 3.8) is 0 Å². The number of halogens is 2. The van der Waals surface area contributed by atoms with Crippen LogP contribution in [-0.4, -0.2) is 72.2 Å². The third-order valence-electron chi connectivity index (χ3n) is 4.46. The van der Waals surface area contributed by atoms with Gasteiger partial charge in [0, 0.05) is 44.8 Å². The highest BCUT2D eigenvalue weighted by Crippen LogP contribution is 2.22. The van der Waals surface area contributed by atoms with Crippen molar-refractivity contribution in [1.29, 1.82) is 0 Å². The monoisotopic (exact) mass is 337 g/mol. The molecule has 1 aromatic rings. The van der Waals surface area contributed by atoms with Gasteiger partial charge in [-0.1, -0.05) is 0 Å². The molecule has 0 aromatic heterocycles. The number of carbonyl (C=O) groups excluding carboxylic acids is 3. The Balaban J connectivity index is 1.53. The van der Waals surface area contributed by atoms with Gasteiger partial charge in [-0.05, 0) is 18.2 Å². The predicted octanol–water partition coefficient (Wildman–Crippen LogP) is 0.337. The van der Waals surface area contributed by atoms with Crippen molar-refractivity contribution in [1.82, 2.24) is 14.7 Å². The average molecular weight is 337 g/mol. The summed E-state index contributed by atoms with van der Waals surface area (Å²) in [5.74, 6) is -2.79. The van der Waals surface area contributed by atoms with Gasteiger partial charge >= 0.3 is 0 Å². The molecule has 0 aliphatic carbocycles. The van der Waals surface area contributed by atoms with Gasteiger partial charge in [-0.25, -0.2) is 8.78 Å². The molecule has 0 spiro atoms. The van der Waals surface area contributed by atoms with Crippen molar-refractivity contribution in [2.75, 3.05) is 39.3 Å². The highest BCUT2D eigenvalue weighted by Gasteiger charge is 2.38. The smallest absolute Gasteiger partial charge is 0.254 e. The molecule has 0 saturated carbocycles. The van der Waals surface area contributed by atoms with Crippen molar-refractivity contribution in [3.05, 3.63) is 35.4 Å². The Bertz CT molecular complexity index is 669. The molecule has 3 rings (SSSR count). The van der Waals surface area contributed by atoms with Crippen molar-refractivity contribution in [2.45, 2.75) is 0 Å². The van der Waals surface area contributed by atoms with Crippen LogP contribution in [0.4, 0.5) is 8.78 Å². The number of piperazine rings is 1. The molecular weight excluding hydrogens is 320 g/mol. The summed E-state index contributed by atoms with van der Waals surface area (Å²) in [4.78, 5) is 40.0. The van der Waals surface area contributed by atoms with E-state index in [4.69, 9.17) is 0 Å². The molecular formula is C16H17F2N3O3. The van der Waals surface area contributed by atoms with Crippen LogP contribution < -0.4 is 0 Å². The van der Waals surface area contributed by atoms with E-state index < -0.39 is 17.5 Å².